The van der Waals surface area contributed by atoms with Crippen LogP contribution in [0.2, 0.25) is 0 Å². The standard InChI is InChI=1S/C23H20F3N7O/c1-13-8-16-9-15(4-5-18(16)32-20(13)27)22(34)33(14(2)21-28-6-3-7-29-21)12-17-10-31-19(11-30-17)23(24,25)26/h3-11,14H,12H2,1-2H3,(H2,27,32). The normalized spacial score (nSPS) is 12.5. The van der Waals surface area contributed by atoms with E-state index in [-0.39, 0.29) is 18.1 Å². The molecule has 0 aliphatic rings. The Morgan fingerprint density at radius 1 is 1.09 bits per heavy atom. The quantitative estimate of drug-likeness (QED) is 0.470. The highest BCUT2D eigenvalue weighted by Crippen LogP contribution is 2.28. The summed E-state index contributed by atoms with van der Waals surface area (Å²) in [6, 6.07) is 7.90. The number of rotatable bonds is 5. The number of aromatic nitrogens is 5. The lowest BCUT2D eigenvalue weighted by Gasteiger charge is -2.28. The molecule has 1 unspecified atom stereocenters. The largest absolute Gasteiger partial charge is 0.434 e. The molecule has 0 fully saturated rings. The number of amides is 1. The molecule has 1 atom stereocenters. The zero-order chi connectivity index (χ0) is 24.5. The molecule has 4 rings (SSSR count). The van der Waals surface area contributed by atoms with E-state index in [1.165, 1.54) is 4.90 Å². The van der Waals surface area contributed by atoms with E-state index >= 15 is 0 Å². The maximum absolute atomic E-state index is 13.6. The molecule has 34 heavy (non-hydrogen) atoms. The Bertz CT molecular complexity index is 1330. The van der Waals surface area contributed by atoms with Gasteiger partial charge in [-0.1, -0.05) is 0 Å². The summed E-state index contributed by atoms with van der Waals surface area (Å²) >= 11 is 0. The van der Waals surface area contributed by atoms with Crippen LogP contribution in [0.1, 0.15) is 46.1 Å². The zero-order valence-electron chi connectivity index (χ0n) is 18.3. The number of hydrogen-bond acceptors (Lipinski definition) is 7. The number of benzene rings is 1. The number of nitrogen functional groups attached to an aromatic ring is 1. The number of anilines is 1. The van der Waals surface area contributed by atoms with Crippen molar-refractivity contribution < 1.29 is 18.0 Å². The van der Waals surface area contributed by atoms with Crippen molar-refractivity contribution in [3.63, 3.8) is 0 Å². The van der Waals surface area contributed by atoms with Crippen LogP contribution in [0.3, 0.4) is 0 Å². The molecule has 0 spiro atoms. The fraction of sp³-hybridized carbons (Fsp3) is 0.217. The van der Waals surface area contributed by atoms with Gasteiger partial charge in [-0.15, -0.1) is 0 Å². The Balaban J connectivity index is 1.70. The molecule has 8 nitrogen and oxygen atoms in total. The lowest BCUT2D eigenvalue weighted by molar-refractivity contribution is -0.141. The van der Waals surface area contributed by atoms with Crippen LogP contribution in [-0.2, 0) is 12.7 Å². The predicted octanol–water partition coefficient (Wildman–Crippen LogP) is 4.13. The first-order valence-electron chi connectivity index (χ1n) is 10.3. The molecule has 2 N–H and O–H groups in total. The highest BCUT2D eigenvalue weighted by Gasteiger charge is 2.33. The molecule has 0 bridgehead atoms. The Hall–Kier alpha value is -4.15. The number of carbonyl (C=O) groups excluding carboxylic acids is 1. The minimum atomic E-state index is -4.60. The van der Waals surface area contributed by atoms with Crippen molar-refractivity contribution in [1.82, 2.24) is 29.8 Å². The average Bonchev–Trinajstić information content (AvgIpc) is 2.82. The highest BCUT2D eigenvalue weighted by molar-refractivity contribution is 5.98. The van der Waals surface area contributed by atoms with E-state index in [0.717, 1.165) is 17.1 Å². The van der Waals surface area contributed by atoms with E-state index in [1.54, 1.807) is 43.6 Å². The number of alkyl halides is 3. The van der Waals surface area contributed by atoms with Gasteiger partial charge in [0.25, 0.3) is 5.91 Å². The number of nitrogens with zero attached hydrogens (tertiary/aromatic N) is 6. The van der Waals surface area contributed by atoms with Crippen molar-refractivity contribution >= 4 is 22.6 Å². The first kappa shape index (κ1) is 23.0. The number of fused-ring (bicyclic) bond motifs is 1. The minimum absolute atomic E-state index is 0.0968. The number of nitrogens with two attached hydrogens (primary N) is 1. The van der Waals surface area contributed by atoms with Gasteiger partial charge < -0.3 is 10.6 Å². The van der Waals surface area contributed by atoms with Gasteiger partial charge >= 0.3 is 6.18 Å². The molecule has 1 aromatic carbocycles. The zero-order valence-corrected chi connectivity index (χ0v) is 18.3. The molecule has 0 saturated carbocycles. The summed E-state index contributed by atoms with van der Waals surface area (Å²) in [7, 11) is 0. The Kier molecular flexibility index (Phi) is 6.10. The third-order valence-corrected chi connectivity index (χ3v) is 5.31. The Morgan fingerprint density at radius 2 is 1.82 bits per heavy atom. The van der Waals surface area contributed by atoms with Gasteiger partial charge in [-0.3, -0.25) is 9.78 Å². The van der Waals surface area contributed by atoms with Crippen LogP contribution in [0.4, 0.5) is 19.0 Å². The Morgan fingerprint density at radius 3 is 2.47 bits per heavy atom. The minimum Gasteiger partial charge on any atom is -0.383 e. The second kappa shape index (κ2) is 9.00. The molecule has 0 aliphatic heterocycles. The van der Waals surface area contributed by atoms with Gasteiger partial charge in [0, 0.05) is 23.3 Å². The summed E-state index contributed by atoms with van der Waals surface area (Å²) in [5.74, 6) is 0.406. The van der Waals surface area contributed by atoms with Crippen molar-refractivity contribution in [2.24, 2.45) is 0 Å². The third kappa shape index (κ3) is 4.77. The SMILES string of the molecule is Cc1cc2cc(C(=O)N(Cc3cnc(C(F)(F)F)cn3)C(C)c3ncccn3)ccc2nc1N. The Labute approximate surface area is 192 Å². The number of hydrogen-bond donors (Lipinski definition) is 1. The van der Waals surface area contributed by atoms with Crippen LogP contribution >= 0.6 is 0 Å². The molecule has 3 heterocycles. The molecular weight excluding hydrogens is 447 g/mol. The summed E-state index contributed by atoms with van der Waals surface area (Å²) in [5, 5.41) is 0.732. The summed E-state index contributed by atoms with van der Waals surface area (Å²) < 4.78 is 38.6. The average molecular weight is 467 g/mol. The predicted molar refractivity (Wildman–Crippen MR) is 118 cm³/mol. The highest BCUT2D eigenvalue weighted by atomic mass is 19.4. The summed E-state index contributed by atoms with van der Waals surface area (Å²) in [5.41, 5.74) is 6.74. The fourth-order valence-corrected chi connectivity index (χ4v) is 3.40. The van der Waals surface area contributed by atoms with Crippen LogP contribution in [0.5, 0.6) is 0 Å². The van der Waals surface area contributed by atoms with E-state index in [0.29, 0.717) is 28.9 Å². The van der Waals surface area contributed by atoms with Gasteiger partial charge in [0.2, 0.25) is 0 Å². The van der Waals surface area contributed by atoms with Gasteiger partial charge in [-0.25, -0.2) is 19.9 Å². The van der Waals surface area contributed by atoms with Crippen LogP contribution in [-0.4, -0.2) is 35.7 Å². The van der Waals surface area contributed by atoms with E-state index in [4.69, 9.17) is 5.73 Å². The van der Waals surface area contributed by atoms with Gasteiger partial charge in [0.05, 0.1) is 36.2 Å². The molecule has 4 aromatic rings. The summed E-state index contributed by atoms with van der Waals surface area (Å²) in [4.78, 5) is 35.1. The number of pyridine rings is 1. The first-order valence-corrected chi connectivity index (χ1v) is 10.3. The smallest absolute Gasteiger partial charge is 0.383 e. The molecular formula is C23H20F3N7O. The first-order chi connectivity index (χ1) is 16.1. The second-order valence-electron chi connectivity index (χ2n) is 7.70. The van der Waals surface area contributed by atoms with E-state index in [2.05, 4.69) is 24.9 Å². The number of carbonyl (C=O) groups is 1. The van der Waals surface area contributed by atoms with Gasteiger partial charge in [-0.05, 0) is 49.7 Å². The van der Waals surface area contributed by atoms with Crippen molar-refractivity contribution in [2.75, 3.05) is 5.73 Å². The van der Waals surface area contributed by atoms with Crippen LogP contribution in [0.25, 0.3) is 10.9 Å². The van der Waals surface area contributed by atoms with Crippen LogP contribution in [0.15, 0.2) is 55.1 Å². The second-order valence-corrected chi connectivity index (χ2v) is 7.70. The maximum Gasteiger partial charge on any atom is 0.434 e. The van der Waals surface area contributed by atoms with Gasteiger partial charge in [0.1, 0.15) is 11.6 Å². The van der Waals surface area contributed by atoms with Gasteiger partial charge in [-0.2, -0.15) is 13.2 Å². The topological polar surface area (TPSA) is 111 Å². The molecule has 0 aliphatic carbocycles. The molecule has 3 aromatic heterocycles. The molecule has 11 heteroatoms. The van der Waals surface area contributed by atoms with Crippen molar-refractivity contribution in [3.05, 3.63) is 83.5 Å². The van der Waals surface area contributed by atoms with E-state index in [9.17, 15) is 18.0 Å². The van der Waals surface area contributed by atoms with Gasteiger partial charge in [0.15, 0.2) is 5.69 Å². The lowest BCUT2D eigenvalue weighted by atomic mass is 10.1. The lowest BCUT2D eigenvalue weighted by Crippen LogP contribution is -2.34. The molecule has 174 valence electrons. The monoisotopic (exact) mass is 467 g/mol. The van der Waals surface area contributed by atoms with Crippen molar-refractivity contribution in [2.45, 2.75) is 32.6 Å². The van der Waals surface area contributed by atoms with Crippen molar-refractivity contribution in [3.8, 4) is 0 Å². The van der Waals surface area contributed by atoms with Crippen LogP contribution < -0.4 is 5.73 Å². The molecule has 1 amide bonds. The number of aryl methyl sites for hydroxylation is 1. The van der Waals surface area contributed by atoms with Crippen molar-refractivity contribution in [1.29, 1.82) is 0 Å². The van der Waals surface area contributed by atoms with E-state index < -0.39 is 17.9 Å². The number of halogens is 3. The van der Waals surface area contributed by atoms with Crippen LogP contribution in [0, 0.1) is 6.92 Å². The maximum atomic E-state index is 13.6. The van der Waals surface area contributed by atoms with E-state index in [1.807, 2.05) is 13.0 Å². The summed E-state index contributed by atoms with van der Waals surface area (Å²) in [6.45, 7) is 3.46. The summed E-state index contributed by atoms with van der Waals surface area (Å²) in [6.07, 6.45) is 0.157. The third-order valence-electron chi connectivity index (χ3n) is 5.31. The molecule has 0 radical (unpaired) electrons. The molecule has 0 saturated heterocycles. The fourth-order valence-electron chi connectivity index (χ4n) is 3.40.